The van der Waals surface area contributed by atoms with Gasteiger partial charge in [0.05, 0.1) is 4.90 Å². The van der Waals surface area contributed by atoms with Crippen molar-refractivity contribution in [2.75, 3.05) is 6.54 Å². The van der Waals surface area contributed by atoms with Crippen molar-refractivity contribution in [2.45, 2.75) is 37.5 Å². The maximum Gasteiger partial charge on any atom is 0.240 e. The van der Waals surface area contributed by atoms with Crippen LogP contribution in [0, 0.1) is 0 Å². The van der Waals surface area contributed by atoms with E-state index < -0.39 is 10.0 Å². The molecule has 0 amide bonds. The van der Waals surface area contributed by atoms with Crippen molar-refractivity contribution < 1.29 is 8.42 Å². The van der Waals surface area contributed by atoms with E-state index in [0.29, 0.717) is 24.0 Å². The number of rotatable bonds is 8. The summed E-state index contributed by atoms with van der Waals surface area (Å²) in [6.07, 6.45) is 1.45. The monoisotopic (exact) mass is 384 g/mol. The molecule has 7 heteroatoms. The fraction of sp³-hybridized carbons (Fsp3) is 0.300. The first-order valence-corrected chi connectivity index (χ1v) is 10.5. The summed E-state index contributed by atoms with van der Waals surface area (Å²) in [6.45, 7) is 4.49. The van der Waals surface area contributed by atoms with Gasteiger partial charge in [-0.05, 0) is 30.0 Å². The van der Waals surface area contributed by atoms with Crippen molar-refractivity contribution in [2.24, 2.45) is 0 Å². The lowest BCUT2D eigenvalue weighted by Gasteiger charge is -2.10. The highest BCUT2D eigenvalue weighted by molar-refractivity contribution is 7.89. The molecule has 1 aromatic heterocycles. The van der Waals surface area contributed by atoms with Crippen LogP contribution in [0.1, 0.15) is 37.6 Å². The van der Waals surface area contributed by atoms with Gasteiger partial charge in [0.15, 0.2) is 5.82 Å². The molecule has 3 rings (SSSR count). The Hall–Kier alpha value is -2.51. The largest absolute Gasteiger partial charge is 0.263 e. The lowest BCUT2D eigenvalue weighted by atomic mass is 9.99. The van der Waals surface area contributed by atoms with Gasteiger partial charge in [0.25, 0.3) is 0 Å². The molecule has 2 N–H and O–H groups in total. The molecule has 0 spiro atoms. The number of nitrogens with zero attached hydrogens (tertiary/aromatic N) is 2. The quantitative estimate of drug-likeness (QED) is 0.622. The number of hydrogen-bond donors (Lipinski definition) is 2. The predicted octanol–water partition coefficient (Wildman–Crippen LogP) is 3.51. The Morgan fingerprint density at radius 2 is 1.78 bits per heavy atom. The topological polar surface area (TPSA) is 87.7 Å². The molecule has 0 saturated carbocycles. The number of benzene rings is 2. The smallest absolute Gasteiger partial charge is 0.240 e. The van der Waals surface area contributed by atoms with Crippen molar-refractivity contribution in [3.05, 3.63) is 66.0 Å². The van der Waals surface area contributed by atoms with E-state index in [2.05, 4.69) is 33.8 Å². The van der Waals surface area contributed by atoms with Crippen molar-refractivity contribution >= 4 is 10.0 Å². The standard InChI is InChI=1S/C20H24N4O2S/c1-3-15(2)16-9-11-18(12-10-16)27(25,26)21-14-13-19-22-20(24-23-19)17-7-5-4-6-8-17/h4-12,15,21H,3,13-14H2,1-2H3,(H,22,23,24). The highest BCUT2D eigenvalue weighted by Gasteiger charge is 2.15. The minimum Gasteiger partial charge on any atom is -0.263 e. The zero-order valence-electron chi connectivity index (χ0n) is 15.5. The summed E-state index contributed by atoms with van der Waals surface area (Å²) >= 11 is 0. The Morgan fingerprint density at radius 1 is 1.07 bits per heavy atom. The van der Waals surface area contributed by atoms with E-state index >= 15 is 0 Å². The van der Waals surface area contributed by atoms with Gasteiger partial charge < -0.3 is 0 Å². The zero-order valence-corrected chi connectivity index (χ0v) is 16.3. The third-order valence-corrected chi connectivity index (χ3v) is 6.07. The SMILES string of the molecule is CCC(C)c1ccc(S(=O)(=O)NCCc2nc(-c3ccccc3)n[nH]2)cc1. The summed E-state index contributed by atoms with van der Waals surface area (Å²) in [7, 11) is -3.54. The summed E-state index contributed by atoms with van der Waals surface area (Å²) in [4.78, 5) is 4.69. The second kappa shape index (κ2) is 8.45. The summed E-state index contributed by atoms with van der Waals surface area (Å²) < 4.78 is 27.5. The Kier molecular flexibility index (Phi) is 6.03. The molecule has 1 unspecified atom stereocenters. The molecule has 0 aliphatic carbocycles. The Morgan fingerprint density at radius 3 is 2.44 bits per heavy atom. The van der Waals surface area contributed by atoms with Crippen LogP contribution in [0.4, 0.5) is 0 Å². The average molecular weight is 385 g/mol. The van der Waals surface area contributed by atoms with Gasteiger partial charge in [0.1, 0.15) is 5.82 Å². The molecular formula is C20H24N4O2S. The van der Waals surface area contributed by atoms with E-state index in [1.54, 1.807) is 12.1 Å². The summed E-state index contributed by atoms with van der Waals surface area (Å²) in [5, 5.41) is 7.04. The molecule has 1 heterocycles. The fourth-order valence-corrected chi connectivity index (χ4v) is 3.75. The molecule has 3 aromatic rings. The summed E-state index contributed by atoms with van der Waals surface area (Å²) in [5.74, 6) is 1.66. The van der Waals surface area contributed by atoms with E-state index in [4.69, 9.17) is 0 Å². The molecule has 27 heavy (non-hydrogen) atoms. The second-order valence-corrected chi connectivity index (χ2v) is 8.26. The lowest BCUT2D eigenvalue weighted by molar-refractivity contribution is 0.580. The van der Waals surface area contributed by atoms with Gasteiger partial charge in [0, 0.05) is 18.5 Å². The first-order chi connectivity index (χ1) is 13.0. The number of sulfonamides is 1. The fourth-order valence-electron chi connectivity index (χ4n) is 2.72. The van der Waals surface area contributed by atoms with Crippen LogP contribution < -0.4 is 4.72 Å². The van der Waals surface area contributed by atoms with Crippen LogP contribution in [0.25, 0.3) is 11.4 Å². The molecule has 6 nitrogen and oxygen atoms in total. The normalized spacial score (nSPS) is 12.8. The number of aromatic nitrogens is 3. The number of H-pyrrole nitrogens is 1. The molecule has 0 radical (unpaired) electrons. The highest BCUT2D eigenvalue weighted by Crippen LogP contribution is 2.20. The van der Waals surface area contributed by atoms with Crippen LogP contribution in [0.15, 0.2) is 59.5 Å². The lowest BCUT2D eigenvalue weighted by Crippen LogP contribution is -2.26. The predicted molar refractivity (Wildman–Crippen MR) is 106 cm³/mol. The number of hydrogen-bond acceptors (Lipinski definition) is 4. The van der Waals surface area contributed by atoms with Gasteiger partial charge >= 0.3 is 0 Å². The first kappa shape index (κ1) is 19.3. The van der Waals surface area contributed by atoms with Crippen LogP contribution in [-0.4, -0.2) is 30.1 Å². The minimum atomic E-state index is -3.54. The van der Waals surface area contributed by atoms with Crippen molar-refractivity contribution in [3.8, 4) is 11.4 Å². The average Bonchev–Trinajstić information content (AvgIpc) is 3.17. The van der Waals surface area contributed by atoms with Gasteiger partial charge in [-0.15, -0.1) is 0 Å². The Labute approximate surface area is 160 Å². The molecule has 0 aliphatic rings. The summed E-state index contributed by atoms with van der Waals surface area (Å²) in [5.41, 5.74) is 2.06. The van der Waals surface area contributed by atoms with Gasteiger partial charge in [-0.1, -0.05) is 56.3 Å². The van der Waals surface area contributed by atoms with E-state index in [1.807, 2.05) is 42.5 Å². The second-order valence-electron chi connectivity index (χ2n) is 6.50. The third-order valence-electron chi connectivity index (χ3n) is 4.59. The maximum absolute atomic E-state index is 12.4. The number of aromatic amines is 1. The molecule has 0 aliphatic heterocycles. The van der Waals surface area contributed by atoms with E-state index in [-0.39, 0.29) is 11.4 Å². The van der Waals surface area contributed by atoms with E-state index in [1.165, 1.54) is 0 Å². The Balaban J connectivity index is 1.59. The Bertz CT molecular complexity index is 967. The highest BCUT2D eigenvalue weighted by atomic mass is 32.2. The van der Waals surface area contributed by atoms with Crippen molar-refractivity contribution in [1.82, 2.24) is 19.9 Å². The molecule has 0 bridgehead atoms. The zero-order chi connectivity index (χ0) is 19.3. The van der Waals surface area contributed by atoms with Crippen LogP contribution in [-0.2, 0) is 16.4 Å². The molecular weight excluding hydrogens is 360 g/mol. The molecule has 0 fully saturated rings. The third kappa shape index (κ3) is 4.81. The molecule has 1 atom stereocenters. The van der Waals surface area contributed by atoms with Gasteiger partial charge in [0.2, 0.25) is 10.0 Å². The first-order valence-electron chi connectivity index (χ1n) is 9.06. The number of nitrogens with one attached hydrogen (secondary N) is 2. The summed E-state index contributed by atoms with van der Waals surface area (Å²) in [6, 6.07) is 16.7. The van der Waals surface area contributed by atoms with E-state index in [9.17, 15) is 8.42 Å². The van der Waals surface area contributed by atoms with Crippen LogP contribution in [0.2, 0.25) is 0 Å². The van der Waals surface area contributed by atoms with Gasteiger partial charge in [-0.2, -0.15) is 5.10 Å². The van der Waals surface area contributed by atoms with Gasteiger partial charge in [-0.25, -0.2) is 18.1 Å². The van der Waals surface area contributed by atoms with Crippen LogP contribution in [0.5, 0.6) is 0 Å². The molecule has 2 aromatic carbocycles. The van der Waals surface area contributed by atoms with Crippen molar-refractivity contribution in [3.63, 3.8) is 0 Å². The molecule has 142 valence electrons. The van der Waals surface area contributed by atoms with Crippen LogP contribution >= 0.6 is 0 Å². The maximum atomic E-state index is 12.4. The minimum absolute atomic E-state index is 0.249. The molecule has 0 saturated heterocycles. The van der Waals surface area contributed by atoms with Gasteiger partial charge in [-0.3, -0.25) is 5.10 Å². The van der Waals surface area contributed by atoms with E-state index in [0.717, 1.165) is 17.5 Å². The van der Waals surface area contributed by atoms with Crippen LogP contribution in [0.3, 0.4) is 0 Å². The van der Waals surface area contributed by atoms with Crippen molar-refractivity contribution in [1.29, 1.82) is 0 Å².